The molecule has 5 nitrogen and oxygen atoms in total. The topological polar surface area (TPSA) is 68.2 Å². The number of nitrogens with zero attached hydrogens (tertiary/aromatic N) is 1. The molecule has 0 aliphatic heterocycles. The van der Waals surface area contributed by atoms with Crippen LogP contribution in [-0.4, -0.2) is 37.4 Å². The van der Waals surface area contributed by atoms with Gasteiger partial charge >= 0.3 is 0 Å². The van der Waals surface area contributed by atoms with Gasteiger partial charge in [0.05, 0.1) is 5.75 Å². The Kier molecular flexibility index (Phi) is 4.13. The lowest BCUT2D eigenvalue weighted by molar-refractivity contribution is 0.0955. The molecule has 1 aromatic carbocycles. The third kappa shape index (κ3) is 3.39. The van der Waals surface area contributed by atoms with Gasteiger partial charge < -0.3 is 9.88 Å². The molecule has 0 fully saturated rings. The van der Waals surface area contributed by atoms with Crippen LogP contribution in [0.25, 0.3) is 10.9 Å². The Morgan fingerprint density at radius 1 is 1.30 bits per heavy atom. The zero-order chi connectivity index (χ0) is 14.8. The number of benzene rings is 1. The highest BCUT2D eigenvalue weighted by Crippen LogP contribution is 2.19. The highest BCUT2D eigenvalue weighted by Gasteiger charge is 2.11. The summed E-state index contributed by atoms with van der Waals surface area (Å²) in [6, 6.07) is 7.47. The average Bonchev–Trinajstić information content (AvgIpc) is 2.75. The van der Waals surface area contributed by atoms with E-state index < -0.39 is 9.84 Å². The normalized spacial score (nSPS) is 11.7. The van der Waals surface area contributed by atoms with Crippen LogP contribution in [0, 0.1) is 0 Å². The Bertz CT molecular complexity index is 732. The van der Waals surface area contributed by atoms with Crippen molar-refractivity contribution in [1.29, 1.82) is 0 Å². The molecule has 0 aliphatic rings. The number of sulfone groups is 1. The lowest BCUT2D eigenvalue weighted by atomic mass is 10.1. The van der Waals surface area contributed by atoms with Crippen molar-refractivity contribution in [1.82, 2.24) is 9.88 Å². The minimum atomic E-state index is -2.97. The first-order valence-corrected chi connectivity index (χ1v) is 8.44. The van der Waals surface area contributed by atoms with E-state index >= 15 is 0 Å². The lowest BCUT2D eigenvalue weighted by Gasteiger charge is -2.06. The standard InChI is InChI=1S/C14H18N2O3S/c1-16-9-7-11-12(5-3-6-13(11)16)14(17)15-8-4-10-20(2,18)19/h3,5-7,9H,4,8,10H2,1-2H3,(H,15,17). The quantitative estimate of drug-likeness (QED) is 0.846. The first kappa shape index (κ1) is 14.6. The molecule has 0 radical (unpaired) electrons. The zero-order valence-electron chi connectivity index (χ0n) is 11.6. The van der Waals surface area contributed by atoms with Crippen LogP contribution in [0.1, 0.15) is 16.8 Å². The van der Waals surface area contributed by atoms with E-state index in [0.717, 1.165) is 10.9 Å². The van der Waals surface area contributed by atoms with Crippen LogP contribution in [0.15, 0.2) is 30.5 Å². The van der Waals surface area contributed by atoms with Crippen LogP contribution in [0.2, 0.25) is 0 Å². The Labute approximate surface area is 118 Å². The van der Waals surface area contributed by atoms with Crippen molar-refractivity contribution in [2.24, 2.45) is 7.05 Å². The molecule has 0 saturated heterocycles. The second kappa shape index (κ2) is 5.66. The maximum absolute atomic E-state index is 12.1. The van der Waals surface area contributed by atoms with Gasteiger partial charge in [0, 0.05) is 42.5 Å². The third-order valence-corrected chi connectivity index (χ3v) is 4.18. The SMILES string of the molecule is Cn1ccc2c(C(=O)NCCCS(C)(=O)=O)cccc21. The number of carbonyl (C=O) groups excluding carboxylic acids is 1. The van der Waals surface area contributed by atoms with E-state index in [-0.39, 0.29) is 11.7 Å². The molecule has 1 heterocycles. The van der Waals surface area contributed by atoms with Gasteiger partial charge in [-0.3, -0.25) is 4.79 Å². The van der Waals surface area contributed by atoms with E-state index in [1.165, 1.54) is 6.26 Å². The van der Waals surface area contributed by atoms with Gasteiger partial charge in [0.15, 0.2) is 0 Å². The second-order valence-corrected chi connectivity index (χ2v) is 7.16. The number of hydrogen-bond donors (Lipinski definition) is 1. The summed E-state index contributed by atoms with van der Waals surface area (Å²) in [4.78, 5) is 12.1. The summed E-state index contributed by atoms with van der Waals surface area (Å²) >= 11 is 0. The minimum Gasteiger partial charge on any atom is -0.352 e. The molecule has 6 heteroatoms. The van der Waals surface area contributed by atoms with Crippen molar-refractivity contribution < 1.29 is 13.2 Å². The molecule has 0 aliphatic carbocycles. The van der Waals surface area contributed by atoms with Gasteiger partial charge in [0.25, 0.3) is 5.91 Å². The molecule has 1 N–H and O–H groups in total. The molecule has 108 valence electrons. The van der Waals surface area contributed by atoms with E-state index in [2.05, 4.69) is 5.32 Å². The zero-order valence-corrected chi connectivity index (χ0v) is 12.4. The van der Waals surface area contributed by atoms with Crippen molar-refractivity contribution in [2.45, 2.75) is 6.42 Å². The largest absolute Gasteiger partial charge is 0.352 e. The van der Waals surface area contributed by atoms with Crippen molar-refractivity contribution in [3.8, 4) is 0 Å². The summed E-state index contributed by atoms with van der Waals surface area (Å²) in [5.74, 6) is -0.0849. The summed E-state index contributed by atoms with van der Waals surface area (Å²) in [5.41, 5.74) is 1.61. The fourth-order valence-corrected chi connectivity index (χ4v) is 2.80. The monoisotopic (exact) mass is 294 g/mol. The highest BCUT2D eigenvalue weighted by molar-refractivity contribution is 7.90. The van der Waals surface area contributed by atoms with Gasteiger partial charge in [0.1, 0.15) is 9.84 Å². The molecule has 0 bridgehead atoms. The van der Waals surface area contributed by atoms with Crippen molar-refractivity contribution in [2.75, 3.05) is 18.6 Å². The Hall–Kier alpha value is -1.82. The minimum absolute atomic E-state index is 0.0861. The van der Waals surface area contributed by atoms with Crippen molar-refractivity contribution in [3.05, 3.63) is 36.0 Å². The fraction of sp³-hybridized carbons (Fsp3) is 0.357. The number of rotatable bonds is 5. The summed E-state index contributed by atoms with van der Waals surface area (Å²) in [7, 11) is -1.05. The first-order chi connectivity index (χ1) is 9.38. The van der Waals surface area contributed by atoms with E-state index in [1.54, 1.807) is 6.07 Å². The Balaban J connectivity index is 2.05. The summed E-state index contributed by atoms with van der Waals surface area (Å²) in [5, 5.41) is 3.66. The first-order valence-electron chi connectivity index (χ1n) is 6.38. The molecule has 0 spiro atoms. The van der Waals surface area contributed by atoms with Gasteiger partial charge in [-0.15, -0.1) is 0 Å². The molecular weight excluding hydrogens is 276 g/mol. The van der Waals surface area contributed by atoms with Crippen LogP contribution >= 0.6 is 0 Å². The number of carbonyl (C=O) groups is 1. The summed E-state index contributed by atoms with van der Waals surface area (Å²) < 4.78 is 24.0. The third-order valence-electron chi connectivity index (χ3n) is 3.15. The second-order valence-electron chi connectivity index (χ2n) is 4.90. The predicted octanol–water partition coefficient (Wildman–Crippen LogP) is 1.34. The number of aromatic nitrogens is 1. The number of aryl methyl sites for hydroxylation is 1. The van der Waals surface area contributed by atoms with Crippen LogP contribution in [0.5, 0.6) is 0 Å². The van der Waals surface area contributed by atoms with Crippen LogP contribution in [-0.2, 0) is 16.9 Å². The van der Waals surface area contributed by atoms with Gasteiger partial charge in [-0.2, -0.15) is 0 Å². The number of amides is 1. The van der Waals surface area contributed by atoms with Gasteiger partial charge in [-0.1, -0.05) is 6.07 Å². The predicted molar refractivity (Wildman–Crippen MR) is 79.6 cm³/mol. The molecule has 0 unspecified atom stereocenters. The molecule has 1 amide bonds. The Morgan fingerprint density at radius 2 is 2.05 bits per heavy atom. The molecular formula is C14H18N2O3S. The van der Waals surface area contributed by atoms with Crippen LogP contribution in [0.4, 0.5) is 0 Å². The lowest BCUT2D eigenvalue weighted by Crippen LogP contribution is -2.26. The maximum Gasteiger partial charge on any atom is 0.251 e. The summed E-state index contributed by atoms with van der Waals surface area (Å²) in [6.07, 6.45) is 3.53. The molecule has 1 aromatic heterocycles. The van der Waals surface area contributed by atoms with Gasteiger partial charge in [0.2, 0.25) is 0 Å². The van der Waals surface area contributed by atoms with E-state index in [9.17, 15) is 13.2 Å². The van der Waals surface area contributed by atoms with Crippen molar-refractivity contribution in [3.63, 3.8) is 0 Å². The van der Waals surface area contributed by atoms with Gasteiger partial charge in [-0.05, 0) is 24.6 Å². The van der Waals surface area contributed by atoms with E-state index in [1.807, 2.05) is 36.0 Å². The van der Waals surface area contributed by atoms with Gasteiger partial charge in [-0.25, -0.2) is 8.42 Å². The number of hydrogen-bond acceptors (Lipinski definition) is 3. The smallest absolute Gasteiger partial charge is 0.251 e. The van der Waals surface area contributed by atoms with E-state index in [4.69, 9.17) is 0 Å². The number of nitrogens with one attached hydrogen (secondary N) is 1. The van der Waals surface area contributed by atoms with Crippen LogP contribution in [0.3, 0.4) is 0 Å². The fourth-order valence-electron chi connectivity index (χ4n) is 2.13. The van der Waals surface area contributed by atoms with Crippen molar-refractivity contribution >= 4 is 26.6 Å². The van der Waals surface area contributed by atoms with Crippen LogP contribution < -0.4 is 5.32 Å². The molecule has 2 aromatic rings. The molecule has 20 heavy (non-hydrogen) atoms. The molecule has 0 atom stereocenters. The Morgan fingerprint density at radius 3 is 2.75 bits per heavy atom. The molecule has 0 saturated carbocycles. The average molecular weight is 294 g/mol. The van der Waals surface area contributed by atoms with E-state index in [0.29, 0.717) is 18.5 Å². The highest BCUT2D eigenvalue weighted by atomic mass is 32.2. The number of fused-ring (bicyclic) bond motifs is 1. The summed E-state index contributed by atoms with van der Waals surface area (Å²) in [6.45, 7) is 0.356. The molecule has 2 rings (SSSR count). The maximum atomic E-state index is 12.1.